The zero-order valence-electron chi connectivity index (χ0n) is 15.8. The number of benzene rings is 2. The van der Waals surface area contributed by atoms with Crippen LogP contribution in [0.3, 0.4) is 0 Å². The molecule has 142 valence electrons. The van der Waals surface area contributed by atoms with Crippen LogP contribution in [0.4, 0.5) is 4.39 Å². The largest absolute Gasteiger partial charge is 0.338 e. The lowest BCUT2D eigenvalue weighted by Gasteiger charge is -2.32. The number of aryl methyl sites for hydroxylation is 1. The summed E-state index contributed by atoms with van der Waals surface area (Å²) in [7, 11) is 0. The number of hydrogen-bond donors (Lipinski definition) is 0. The molecule has 4 rings (SSSR count). The summed E-state index contributed by atoms with van der Waals surface area (Å²) in [4.78, 5) is 23.8. The quantitative estimate of drug-likeness (QED) is 0.671. The van der Waals surface area contributed by atoms with E-state index in [2.05, 4.69) is 4.98 Å². The van der Waals surface area contributed by atoms with Gasteiger partial charge in [0.2, 0.25) is 0 Å². The van der Waals surface area contributed by atoms with Crippen LogP contribution in [0.25, 0.3) is 11.4 Å². The average molecular weight is 375 g/mol. The van der Waals surface area contributed by atoms with Gasteiger partial charge in [-0.2, -0.15) is 0 Å². The zero-order chi connectivity index (χ0) is 19.5. The van der Waals surface area contributed by atoms with E-state index in [0.717, 1.165) is 24.1 Å². The molecule has 1 atom stereocenters. The number of hydrogen-bond acceptors (Lipinski definition) is 3. The summed E-state index contributed by atoms with van der Waals surface area (Å²) in [6.07, 6.45) is 3.65. The van der Waals surface area contributed by atoms with Gasteiger partial charge in [0, 0.05) is 42.0 Å². The number of aromatic nitrogens is 2. The first-order valence-corrected chi connectivity index (χ1v) is 9.55. The van der Waals surface area contributed by atoms with E-state index in [9.17, 15) is 9.18 Å². The Balaban J connectivity index is 1.54. The van der Waals surface area contributed by atoms with Gasteiger partial charge in [0.1, 0.15) is 5.82 Å². The Morgan fingerprint density at radius 1 is 1.14 bits per heavy atom. The Hall–Kier alpha value is -3.08. The fraction of sp³-hybridized carbons (Fsp3) is 0.261. The molecule has 0 aliphatic carbocycles. The zero-order valence-corrected chi connectivity index (χ0v) is 15.8. The van der Waals surface area contributed by atoms with E-state index in [1.165, 1.54) is 17.7 Å². The van der Waals surface area contributed by atoms with Crippen molar-refractivity contribution in [1.29, 1.82) is 0 Å². The number of rotatable bonds is 3. The van der Waals surface area contributed by atoms with Crippen molar-refractivity contribution in [3.63, 3.8) is 0 Å². The molecule has 5 heteroatoms. The SMILES string of the molecule is Cc1ccc(-c2nccc(C3CCCN(C(=O)c4cccc(F)c4)C3)n2)cc1. The Kier molecular flexibility index (Phi) is 5.15. The average Bonchev–Trinajstić information content (AvgIpc) is 2.74. The molecule has 2 heterocycles. The van der Waals surface area contributed by atoms with E-state index in [1.807, 2.05) is 37.3 Å². The summed E-state index contributed by atoms with van der Waals surface area (Å²) in [5, 5.41) is 0. The van der Waals surface area contributed by atoms with E-state index in [-0.39, 0.29) is 11.8 Å². The van der Waals surface area contributed by atoms with E-state index < -0.39 is 5.82 Å². The Morgan fingerprint density at radius 2 is 1.96 bits per heavy atom. The second-order valence-electron chi connectivity index (χ2n) is 7.27. The van der Waals surface area contributed by atoms with Crippen molar-refractivity contribution in [2.24, 2.45) is 0 Å². The van der Waals surface area contributed by atoms with Gasteiger partial charge >= 0.3 is 0 Å². The molecular weight excluding hydrogens is 353 g/mol. The molecule has 0 spiro atoms. The molecule has 0 saturated carbocycles. The van der Waals surface area contributed by atoms with Crippen molar-refractivity contribution in [3.8, 4) is 11.4 Å². The summed E-state index contributed by atoms with van der Waals surface area (Å²) >= 11 is 0. The summed E-state index contributed by atoms with van der Waals surface area (Å²) in [6, 6.07) is 16.0. The van der Waals surface area contributed by atoms with Crippen LogP contribution in [-0.2, 0) is 0 Å². The molecule has 3 aromatic rings. The number of carbonyl (C=O) groups excluding carboxylic acids is 1. The molecule has 1 unspecified atom stereocenters. The van der Waals surface area contributed by atoms with Crippen LogP contribution < -0.4 is 0 Å². The maximum Gasteiger partial charge on any atom is 0.253 e. The normalized spacial score (nSPS) is 16.8. The van der Waals surface area contributed by atoms with Gasteiger partial charge in [0.15, 0.2) is 5.82 Å². The second-order valence-corrected chi connectivity index (χ2v) is 7.27. The van der Waals surface area contributed by atoms with Crippen LogP contribution in [0, 0.1) is 12.7 Å². The minimum absolute atomic E-state index is 0.128. The van der Waals surface area contributed by atoms with Gasteiger partial charge in [-0.05, 0) is 44.0 Å². The Morgan fingerprint density at radius 3 is 2.75 bits per heavy atom. The predicted octanol–water partition coefficient (Wildman–Crippen LogP) is 4.61. The van der Waals surface area contributed by atoms with Gasteiger partial charge in [-0.1, -0.05) is 35.9 Å². The van der Waals surface area contributed by atoms with Crippen molar-refractivity contribution < 1.29 is 9.18 Å². The molecule has 1 fully saturated rings. The number of carbonyl (C=O) groups is 1. The fourth-order valence-electron chi connectivity index (χ4n) is 3.65. The van der Waals surface area contributed by atoms with Crippen molar-refractivity contribution >= 4 is 5.91 Å². The molecular formula is C23H22FN3O. The van der Waals surface area contributed by atoms with E-state index in [4.69, 9.17) is 4.98 Å². The molecule has 1 aliphatic heterocycles. The highest BCUT2D eigenvalue weighted by Gasteiger charge is 2.26. The fourth-order valence-corrected chi connectivity index (χ4v) is 3.65. The van der Waals surface area contributed by atoms with Gasteiger partial charge < -0.3 is 4.90 Å². The highest BCUT2D eigenvalue weighted by Crippen LogP contribution is 2.28. The first-order valence-electron chi connectivity index (χ1n) is 9.55. The molecule has 0 bridgehead atoms. The number of likely N-dealkylation sites (tertiary alicyclic amines) is 1. The van der Waals surface area contributed by atoms with Crippen LogP contribution in [0.2, 0.25) is 0 Å². The molecule has 1 aliphatic rings. The van der Waals surface area contributed by atoms with Gasteiger partial charge in [-0.25, -0.2) is 14.4 Å². The standard InChI is InChI=1S/C23H22FN3O/c1-16-7-9-17(10-8-16)22-25-12-11-21(26-22)19-5-3-13-27(15-19)23(28)18-4-2-6-20(24)14-18/h2,4,6-12,14,19H,3,5,13,15H2,1H3. The first-order chi connectivity index (χ1) is 13.6. The minimum Gasteiger partial charge on any atom is -0.338 e. The van der Waals surface area contributed by atoms with Crippen LogP contribution >= 0.6 is 0 Å². The van der Waals surface area contributed by atoms with E-state index >= 15 is 0 Å². The summed E-state index contributed by atoms with van der Waals surface area (Å²) < 4.78 is 13.5. The summed E-state index contributed by atoms with van der Waals surface area (Å²) in [6.45, 7) is 3.31. The lowest BCUT2D eigenvalue weighted by atomic mass is 9.94. The number of nitrogens with zero attached hydrogens (tertiary/aromatic N) is 3. The third kappa shape index (κ3) is 3.93. The second kappa shape index (κ2) is 7.89. The lowest BCUT2D eigenvalue weighted by Crippen LogP contribution is -2.39. The first kappa shape index (κ1) is 18.3. The van der Waals surface area contributed by atoms with Crippen molar-refractivity contribution in [1.82, 2.24) is 14.9 Å². The van der Waals surface area contributed by atoms with E-state index in [0.29, 0.717) is 24.5 Å². The highest BCUT2D eigenvalue weighted by molar-refractivity contribution is 5.94. The third-order valence-electron chi connectivity index (χ3n) is 5.19. The van der Waals surface area contributed by atoms with Gasteiger partial charge in [-0.3, -0.25) is 4.79 Å². The van der Waals surface area contributed by atoms with Crippen LogP contribution in [0.5, 0.6) is 0 Å². The van der Waals surface area contributed by atoms with Gasteiger partial charge in [0.05, 0.1) is 0 Å². The van der Waals surface area contributed by atoms with E-state index in [1.54, 1.807) is 23.2 Å². The van der Waals surface area contributed by atoms with Crippen molar-refractivity contribution in [2.75, 3.05) is 13.1 Å². The molecule has 28 heavy (non-hydrogen) atoms. The van der Waals surface area contributed by atoms with Crippen molar-refractivity contribution in [3.05, 3.63) is 83.4 Å². The number of piperidine rings is 1. The number of halogens is 1. The summed E-state index contributed by atoms with van der Waals surface area (Å²) in [5.41, 5.74) is 3.51. The molecule has 0 N–H and O–H groups in total. The maximum atomic E-state index is 13.5. The topological polar surface area (TPSA) is 46.1 Å². The third-order valence-corrected chi connectivity index (χ3v) is 5.19. The minimum atomic E-state index is -0.391. The lowest BCUT2D eigenvalue weighted by molar-refractivity contribution is 0.0705. The smallest absolute Gasteiger partial charge is 0.253 e. The monoisotopic (exact) mass is 375 g/mol. The Bertz CT molecular complexity index is 987. The molecule has 1 aromatic heterocycles. The molecule has 4 nitrogen and oxygen atoms in total. The Labute approximate surface area is 164 Å². The predicted molar refractivity (Wildman–Crippen MR) is 106 cm³/mol. The number of amides is 1. The molecule has 2 aromatic carbocycles. The van der Waals surface area contributed by atoms with Crippen molar-refractivity contribution in [2.45, 2.75) is 25.7 Å². The van der Waals surface area contributed by atoms with Gasteiger partial charge in [0.25, 0.3) is 5.91 Å². The maximum absolute atomic E-state index is 13.5. The molecule has 0 radical (unpaired) electrons. The highest BCUT2D eigenvalue weighted by atomic mass is 19.1. The molecule has 1 amide bonds. The molecule has 1 saturated heterocycles. The van der Waals surface area contributed by atoms with Crippen LogP contribution in [0.1, 0.15) is 40.4 Å². The van der Waals surface area contributed by atoms with Crippen LogP contribution in [-0.4, -0.2) is 33.9 Å². The summed E-state index contributed by atoms with van der Waals surface area (Å²) in [5.74, 6) is 0.333. The van der Waals surface area contributed by atoms with Gasteiger partial charge in [-0.15, -0.1) is 0 Å². The van der Waals surface area contributed by atoms with Crippen LogP contribution in [0.15, 0.2) is 60.8 Å².